The highest BCUT2D eigenvalue weighted by Gasteiger charge is 2.36. The van der Waals surface area contributed by atoms with Crippen molar-refractivity contribution in [1.29, 1.82) is 0 Å². The van der Waals surface area contributed by atoms with Gasteiger partial charge in [0.15, 0.2) is 5.60 Å². The first-order valence-corrected chi connectivity index (χ1v) is 11.1. The van der Waals surface area contributed by atoms with Gasteiger partial charge in [-0.3, -0.25) is 4.79 Å². The summed E-state index contributed by atoms with van der Waals surface area (Å²) in [5.41, 5.74) is 1.20. The monoisotopic (exact) mass is 486 g/mol. The Labute approximate surface area is 202 Å². The van der Waals surface area contributed by atoms with Gasteiger partial charge in [0.25, 0.3) is 5.91 Å². The molecule has 34 heavy (non-hydrogen) atoms. The quantitative estimate of drug-likeness (QED) is 0.281. The number of ether oxygens (including phenoxy) is 2. The van der Waals surface area contributed by atoms with E-state index < -0.39 is 23.5 Å². The number of aromatic nitrogens is 3. The molecule has 3 rings (SSSR count). The van der Waals surface area contributed by atoms with Crippen molar-refractivity contribution in [2.75, 3.05) is 20.3 Å². The number of carbonyl (C=O) groups excluding carboxylic acids is 2. The third-order valence-corrected chi connectivity index (χ3v) is 5.31. The Bertz CT molecular complexity index is 1090. The predicted molar refractivity (Wildman–Crippen MR) is 126 cm³/mol. The van der Waals surface area contributed by atoms with Crippen LogP contribution in [0.25, 0.3) is 11.1 Å². The Morgan fingerprint density at radius 1 is 1.12 bits per heavy atom. The highest BCUT2D eigenvalue weighted by Crippen LogP contribution is 2.22. The van der Waals surface area contributed by atoms with Gasteiger partial charge in [-0.15, -0.1) is 5.10 Å². The van der Waals surface area contributed by atoms with E-state index in [0.29, 0.717) is 6.42 Å². The normalized spacial score (nSPS) is 13.6. The van der Waals surface area contributed by atoms with Crippen molar-refractivity contribution in [2.45, 2.75) is 31.4 Å². The number of halogens is 1. The molecule has 0 spiro atoms. The predicted octanol–water partition coefficient (Wildman–Crippen LogP) is 2.80. The van der Waals surface area contributed by atoms with Gasteiger partial charge in [0, 0.05) is 19.6 Å². The lowest BCUT2D eigenvalue weighted by atomic mass is 9.92. The van der Waals surface area contributed by atoms with E-state index in [4.69, 9.17) is 21.1 Å². The maximum Gasteiger partial charge on any atom is 0.337 e. The van der Waals surface area contributed by atoms with Crippen LogP contribution in [-0.4, -0.2) is 64.1 Å². The van der Waals surface area contributed by atoms with Gasteiger partial charge in [-0.1, -0.05) is 54.6 Å². The van der Waals surface area contributed by atoms with Gasteiger partial charge in [-0.25, -0.2) is 9.89 Å². The number of esters is 1. The fourth-order valence-electron chi connectivity index (χ4n) is 3.45. The number of H-pyrrole nitrogens is 1. The van der Waals surface area contributed by atoms with Crippen LogP contribution in [0.1, 0.15) is 29.5 Å². The fraction of sp³-hybridized carbons (Fsp3) is 0.333. The molecule has 0 fully saturated rings. The zero-order chi connectivity index (χ0) is 24.6. The number of nitrogens with one attached hydrogen (secondary N) is 2. The Kier molecular flexibility index (Phi) is 8.75. The molecular weight excluding hydrogens is 460 g/mol. The molecule has 3 N–H and O–H groups in total. The molecule has 0 saturated carbocycles. The number of hydrogen-bond acceptors (Lipinski definition) is 7. The second-order valence-electron chi connectivity index (χ2n) is 7.99. The van der Waals surface area contributed by atoms with Crippen LogP contribution in [0.15, 0.2) is 54.6 Å². The molecule has 2 atom stereocenters. The molecular formula is C24H27ClN4O5. The van der Waals surface area contributed by atoms with Crippen molar-refractivity contribution in [3.63, 3.8) is 0 Å². The molecule has 0 aliphatic carbocycles. The molecule has 0 unspecified atom stereocenters. The lowest BCUT2D eigenvalue weighted by molar-refractivity contribution is -0.166. The van der Waals surface area contributed by atoms with E-state index >= 15 is 0 Å². The van der Waals surface area contributed by atoms with Crippen molar-refractivity contribution in [3.05, 3.63) is 71.3 Å². The second kappa shape index (κ2) is 11.7. The summed E-state index contributed by atoms with van der Waals surface area (Å²) in [5.74, 6) is -1.53. The Morgan fingerprint density at radius 2 is 1.79 bits per heavy atom. The third kappa shape index (κ3) is 7.11. The molecule has 1 heterocycles. The number of benzene rings is 2. The SMILES string of the molecule is COCCOC(=O)[C@@](C)(O)C[C@H](Cc1ccc(-c2ccccc2)cc1)NC(=O)c1n[nH]c(Cl)n1. The average Bonchev–Trinajstić information content (AvgIpc) is 3.26. The van der Waals surface area contributed by atoms with Crippen LogP contribution in [0.5, 0.6) is 0 Å². The van der Waals surface area contributed by atoms with E-state index in [1.807, 2.05) is 54.6 Å². The second-order valence-corrected chi connectivity index (χ2v) is 8.35. The molecule has 10 heteroatoms. The Hall–Kier alpha value is -3.27. The van der Waals surface area contributed by atoms with Crippen LogP contribution < -0.4 is 5.32 Å². The minimum Gasteiger partial charge on any atom is -0.461 e. The van der Waals surface area contributed by atoms with Crippen LogP contribution in [0.3, 0.4) is 0 Å². The number of methoxy groups -OCH3 is 1. The first-order valence-electron chi connectivity index (χ1n) is 10.7. The lowest BCUT2D eigenvalue weighted by Crippen LogP contribution is -2.47. The van der Waals surface area contributed by atoms with Crippen LogP contribution in [-0.2, 0) is 20.7 Å². The number of nitrogens with zero attached hydrogens (tertiary/aromatic N) is 2. The highest BCUT2D eigenvalue weighted by molar-refractivity contribution is 6.28. The van der Waals surface area contributed by atoms with Gasteiger partial charge in [-0.05, 0) is 41.6 Å². The van der Waals surface area contributed by atoms with Crippen LogP contribution in [0, 0.1) is 0 Å². The molecule has 1 amide bonds. The maximum atomic E-state index is 12.6. The molecule has 3 aromatic rings. The number of aliphatic hydroxyl groups is 1. The number of hydrogen-bond donors (Lipinski definition) is 3. The summed E-state index contributed by atoms with van der Waals surface area (Å²) in [6.45, 7) is 1.57. The molecule has 2 aromatic carbocycles. The summed E-state index contributed by atoms with van der Waals surface area (Å²) in [6, 6.07) is 17.2. The van der Waals surface area contributed by atoms with Crippen molar-refractivity contribution in [2.24, 2.45) is 0 Å². The molecule has 1 aromatic heterocycles. The first-order chi connectivity index (χ1) is 16.3. The largest absolute Gasteiger partial charge is 0.461 e. The smallest absolute Gasteiger partial charge is 0.337 e. The molecule has 9 nitrogen and oxygen atoms in total. The van der Waals surface area contributed by atoms with E-state index in [9.17, 15) is 14.7 Å². The van der Waals surface area contributed by atoms with Crippen LogP contribution in [0.2, 0.25) is 5.28 Å². The number of amides is 1. The van der Waals surface area contributed by atoms with Crippen molar-refractivity contribution < 1.29 is 24.2 Å². The van der Waals surface area contributed by atoms with Gasteiger partial charge in [0.1, 0.15) is 6.61 Å². The summed E-state index contributed by atoms with van der Waals surface area (Å²) in [6.07, 6.45) is 0.254. The van der Waals surface area contributed by atoms with Gasteiger partial charge in [0.2, 0.25) is 11.1 Å². The third-order valence-electron chi connectivity index (χ3n) is 5.14. The summed E-state index contributed by atoms with van der Waals surface area (Å²) in [7, 11) is 1.48. The zero-order valence-electron chi connectivity index (χ0n) is 19.0. The molecule has 0 bridgehead atoms. The summed E-state index contributed by atoms with van der Waals surface area (Å²) < 4.78 is 9.95. The first kappa shape index (κ1) is 25.4. The number of carbonyl (C=O) groups is 2. The van der Waals surface area contributed by atoms with E-state index in [1.165, 1.54) is 14.0 Å². The van der Waals surface area contributed by atoms with Gasteiger partial charge < -0.3 is 19.9 Å². The summed E-state index contributed by atoms with van der Waals surface area (Å²) >= 11 is 5.72. The molecule has 0 saturated heterocycles. The standard InChI is InChI=1S/C24H27ClN4O5/c1-24(32,22(31)34-13-12-33-2)15-19(26-21(30)20-27-23(25)29-28-20)14-16-8-10-18(11-9-16)17-6-4-3-5-7-17/h3-11,19,32H,12-15H2,1-2H3,(H,26,30)(H,27,28,29)/t19-,24-/m0/s1. The fourth-order valence-corrected chi connectivity index (χ4v) is 3.57. The van der Waals surface area contributed by atoms with E-state index in [-0.39, 0.29) is 30.7 Å². The van der Waals surface area contributed by atoms with Crippen LogP contribution >= 0.6 is 11.6 Å². The van der Waals surface area contributed by atoms with Gasteiger partial charge in [-0.2, -0.15) is 4.98 Å². The maximum absolute atomic E-state index is 12.6. The summed E-state index contributed by atoms with van der Waals surface area (Å²) in [4.78, 5) is 28.9. The highest BCUT2D eigenvalue weighted by atomic mass is 35.5. The number of aromatic amines is 1. The molecule has 0 aliphatic heterocycles. The van der Waals surface area contributed by atoms with Gasteiger partial charge >= 0.3 is 5.97 Å². The van der Waals surface area contributed by atoms with E-state index in [1.54, 1.807) is 0 Å². The van der Waals surface area contributed by atoms with Crippen LogP contribution in [0.4, 0.5) is 0 Å². The zero-order valence-corrected chi connectivity index (χ0v) is 19.7. The van der Waals surface area contributed by atoms with Crippen molar-refractivity contribution >= 4 is 23.5 Å². The van der Waals surface area contributed by atoms with Crippen molar-refractivity contribution in [1.82, 2.24) is 20.5 Å². The Balaban J connectivity index is 1.75. The molecule has 0 radical (unpaired) electrons. The van der Waals surface area contributed by atoms with Crippen molar-refractivity contribution in [3.8, 4) is 11.1 Å². The van der Waals surface area contributed by atoms with E-state index in [0.717, 1.165) is 16.7 Å². The minimum absolute atomic E-state index is 0.0130. The molecule has 0 aliphatic rings. The number of rotatable bonds is 11. The topological polar surface area (TPSA) is 126 Å². The molecule has 180 valence electrons. The summed E-state index contributed by atoms with van der Waals surface area (Å²) in [5, 5.41) is 19.7. The minimum atomic E-state index is -1.84. The lowest BCUT2D eigenvalue weighted by Gasteiger charge is -2.27. The Morgan fingerprint density at radius 3 is 2.41 bits per heavy atom. The van der Waals surface area contributed by atoms with E-state index in [2.05, 4.69) is 20.5 Å². The average molecular weight is 487 g/mol. The van der Waals surface area contributed by atoms with Gasteiger partial charge in [0.05, 0.1) is 6.61 Å².